The van der Waals surface area contributed by atoms with E-state index in [1.807, 2.05) is 16.8 Å². The van der Waals surface area contributed by atoms with Crippen LogP contribution < -0.4 is 4.72 Å². The summed E-state index contributed by atoms with van der Waals surface area (Å²) in [5.41, 5.74) is 0.904. The summed E-state index contributed by atoms with van der Waals surface area (Å²) in [7, 11) is -3.65. The Balaban J connectivity index is 2.22. The Hall–Kier alpha value is -0.590. The van der Waals surface area contributed by atoms with Crippen molar-refractivity contribution in [2.24, 2.45) is 0 Å². The standard InChI is InChI=1S/C11H9Cl2NO2S2/c12-9-1-2-10(13)11(5-9)18(15,16)14-6-8-3-4-17-7-8/h1-5,7,14H,6H2. The van der Waals surface area contributed by atoms with Gasteiger partial charge in [0, 0.05) is 11.6 Å². The van der Waals surface area contributed by atoms with Crippen LogP contribution >= 0.6 is 34.5 Å². The second kappa shape index (κ2) is 5.59. The normalized spacial score (nSPS) is 11.7. The van der Waals surface area contributed by atoms with E-state index >= 15 is 0 Å². The zero-order chi connectivity index (χ0) is 13.2. The van der Waals surface area contributed by atoms with Crippen molar-refractivity contribution in [2.75, 3.05) is 0 Å². The first-order valence-corrected chi connectivity index (χ1v) is 8.13. The van der Waals surface area contributed by atoms with Crippen molar-refractivity contribution in [3.63, 3.8) is 0 Å². The van der Waals surface area contributed by atoms with E-state index in [0.717, 1.165) is 5.56 Å². The lowest BCUT2D eigenvalue weighted by Gasteiger charge is -2.08. The van der Waals surface area contributed by atoms with Gasteiger partial charge in [0.2, 0.25) is 10.0 Å². The van der Waals surface area contributed by atoms with E-state index in [2.05, 4.69) is 4.72 Å². The highest BCUT2D eigenvalue weighted by atomic mass is 35.5. The van der Waals surface area contributed by atoms with Crippen LogP contribution in [-0.4, -0.2) is 8.42 Å². The molecule has 0 saturated carbocycles. The molecule has 1 aromatic carbocycles. The minimum atomic E-state index is -3.65. The van der Waals surface area contributed by atoms with Gasteiger partial charge in [-0.2, -0.15) is 11.3 Å². The van der Waals surface area contributed by atoms with Crippen LogP contribution in [0, 0.1) is 0 Å². The van der Waals surface area contributed by atoms with Gasteiger partial charge in [0.05, 0.1) is 5.02 Å². The molecule has 0 fully saturated rings. The molecule has 96 valence electrons. The highest BCUT2D eigenvalue weighted by Gasteiger charge is 2.18. The van der Waals surface area contributed by atoms with Gasteiger partial charge in [0.1, 0.15) is 4.90 Å². The average molecular weight is 322 g/mol. The van der Waals surface area contributed by atoms with Crippen molar-refractivity contribution in [1.29, 1.82) is 0 Å². The Labute approximate surface area is 119 Å². The van der Waals surface area contributed by atoms with Gasteiger partial charge in [-0.25, -0.2) is 13.1 Å². The molecule has 0 amide bonds. The molecule has 18 heavy (non-hydrogen) atoms. The summed E-state index contributed by atoms with van der Waals surface area (Å²) < 4.78 is 26.6. The van der Waals surface area contributed by atoms with Gasteiger partial charge in [0.25, 0.3) is 0 Å². The quantitative estimate of drug-likeness (QED) is 0.936. The fourth-order valence-corrected chi connectivity index (χ4v) is 3.78. The molecule has 0 spiro atoms. The van der Waals surface area contributed by atoms with Crippen molar-refractivity contribution in [1.82, 2.24) is 4.72 Å². The van der Waals surface area contributed by atoms with Crippen LogP contribution in [-0.2, 0) is 16.6 Å². The summed E-state index contributed by atoms with van der Waals surface area (Å²) >= 11 is 13.1. The third-order valence-electron chi connectivity index (χ3n) is 2.23. The minimum Gasteiger partial charge on any atom is -0.207 e. The maximum absolute atomic E-state index is 12.0. The molecule has 0 unspecified atom stereocenters. The van der Waals surface area contributed by atoms with Crippen molar-refractivity contribution >= 4 is 44.6 Å². The summed E-state index contributed by atoms with van der Waals surface area (Å²) in [5.74, 6) is 0. The Kier molecular flexibility index (Phi) is 4.29. The van der Waals surface area contributed by atoms with Crippen LogP contribution in [0.5, 0.6) is 0 Å². The van der Waals surface area contributed by atoms with E-state index in [0.29, 0.717) is 5.02 Å². The molecule has 0 saturated heterocycles. The predicted molar refractivity (Wildman–Crippen MR) is 74.8 cm³/mol. The van der Waals surface area contributed by atoms with E-state index in [-0.39, 0.29) is 16.5 Å². The molecular weight excluding hydrogens is 313 g/mol. The lowest BCUT2D eigenvalue weighted by Crippen LogP contribution is -2.23. The molecule has 0 aliphatic heterocycles. The fraction of sp³-hybridized carbons (Fsp3) is 0.0909. The van der Waals surface area contributed by atoms with E-state index in [4.69, 9.17) is 23.2 Å². The Morgan fingerprint density at radius 2 is 2.00 bits per heavy atom. The van der Waals surface area contributed by atoms with Crippen LogP contribution in [0.3, 0.4) is 0 Å². The van der Waals surface area contributed by atoms with Gasteiger partial charge in [0.15, 0.2) is 0 Å². The van der Waals surface area contributed by atoms with E-state index in [9.17, 15) is 8.42 Å². The number of hydrogen-bond acceptors (Lipinski definition) is 3. The highest BCUT2D eigenvalue weighted by Crippen LogP contribution is 2.25. The molecule has 2 rings (SSSR count). The third kappa shape index (κ3) is 3.24. The predicted octanol–water partition coefficient (Wildman–Crippen LogP) is 3.53. The van der Waals surface area contributed by atoms with Crippen molar-refractivity contribution in [2.45, 2.75) is 11.4 Å². The Morgan fingerprint density at radius 1 is 1.22 bits per heavy atom. The molecular formula is C11H9Cl2NO2S2. The van der Waals surface area contributed by atoms with Crippen LogP contribution in [0.1, 0.15) is 5.56 Å². The van der Waals surface area contributed by atoms with Crippen LogP contribution in [0.4, 0.5) is 0 Å². The van der Waals surface area contributed by atoms with Crippen molar-refractivity contribution < 1.29 is 8.42 Å². The summed E-state index contributed by atoms with van der Waals surface area (Å²) in [5, 5.41) is 4.24. The molecule has 2 aromatic rings. The number of sulfonamides is 1. The average Bonchev–Trinajstić information content (AvgIpc) is 2.83. The number of halogens is 2. The summed E-state index contributed by atoms with van der Waals surface area (Å²) in [6, 6.07) is 6.19. The monoisotopic (exact) mass is 321 g/mol. The molecule has 3 nitrogen and oxygen atoms in total. The topological polar surface area (TPSA) is 46.2 Å². The lowest BCUT2D eigenvalue weighted by atomic mass is 10.4. The van der Waals surface area contributed by atoms with Crippen molar-refractivity contribution in [3.8, 4) is 0 Å². The van der Waals surface area contributed by atoms with Gasteiger partial charge < -0.3 is 0 Å². The van der Waals surface area contributed by atoms with Gasteiger partial charge >= 0.3 is 0 Å². The molecule has 1 N–H and O–H groups in total. The molecule has 0 aliphatic carbocycles. The van der Waals surface area contributed by atoms with Crippen LogP contribution in [0.25, 0.3) is 0 Å². The molecule has 0 aliphatic rings. The smallest absolute Gasteiger partial charge is 0.207 e. The van der Waals surface area contributed by atoms with Gasteiger partial charge in [-0.3, -0.25) is 0 Å². The second-order valence-electron chi connectivity index (χ2n) is 3.53. The first-order valence-electron chi connectivity index (χ1n) is 4.95. The zero-order valence-corrected chi connectivity index (χ0v) is 12.2. The van der Waals surface area contributed by atoms with Gasteiger partial charge in [-0.1, -0.05) is 23.2 Å². The molecule has 0 radical (unpaired) electrons. The maximum atomic E-state index is 12.0. The van der Waals surface area contributed by atoms with Crippen molar-refractivity contribution in [3.05, 3.63) is 50.6 Å². The number of rotatable bonds is 4. The first-order chi connectivity index (χ1) is 8.49. The third-order valence-corrected chi connectivity index (χ3v) is 5.08. The van der Waals surface area contributed by atoms with Gasteiger partial charge in [-0.05, 0) is 40.6 Å². The number of thiophene rings is 1. The lowest BCUT2D eigenvalue weighted by molar-refractivity contribution is 0.581. The largest absolute Gasteiger partial charge is 0.242 e. The first kappa shape index (κ1) is 13.8. The number of hydrogen-bond donors (Lipinski definition) is 1. The summed E-state index contributed by atoms with van der Waals surface area (Å²) in [4.78, 5) is -0.00750. The molecule has 1 aromatic heterocycles. The molecule has 0 atom stereocenters. The molecule has 0 bridgehead atoms. The Bertz CT molecular complexity index is 639. The van der Waals surface area contributed by atoms with E-state index < -0.39 is 10.0 Å². The van der Waals surface area contributed by atoms with Crippen LogP contribution in [0.2, 0.25) is 10.0 Å². The van der Waals surface area contributed by atoms with Crippen LogP contribution in [0.15, 0.2) is 39.9 Å². The summed E-state index contributed by atoms with van der Waals surface area (Å²) in [6.07, 6.45) is 0. The molecule has 7 heteroatoms. The number of nitrogens with one attached hydrogen (secondary N) is 1. The minimum absolute atomic E-state index is 0.00750. The number of benzene rings is 1. The van der Waals surface area contributed by atoms with Gasteiger partial charge in [-0.15, -0.1) is 0 Å². The second-order valence-corrected chi connectivity index (χ2v) is 6.89. The molecule has 1 heterocycles. The Morgan fingerprint density at radius 3 is 2.67 bits per heavy atom. The zero-order valence-electron chi connectivity index (χ0n) is 9.06. The van der Waals surface area contributed by atoms with E-state index in [1.165, 1.54) is 23.5 Å². The highest BCUT2D eigenvalue weighted by molar-refractivity contribution is 7.89. The SMILES string of the molecule is O=S(=O)(NCc1ccsc1)c1cc(Cl)ccc1Cl. The maximum Gasteiger partial charge on any atom is 0.242 e. The fourth-order valence-electron chi connectivity index (χ4n) is 1.33. The van der Waals surface area contributed by atoms with E-state index in [1.54, 1.807) is 6.07 Å². The summed E-state index contributed by atoms with van der Waals surface area (Å²) in [6.45, 7) is 0.231.